The van der Waals surface area contributed by atoms with Crippen LogP contribution in [0.5, 0.6) is 11.5 Å². The quantitative estimate of drug-likeness (QED) is 0.461. The van der Waals surface area contributed by atoms with Gasteiger partial charge in [-0.3, -0.25) is 0 Å². The molecule has 116 valence electrons. The van der Waals surface area contributed by atoms with Gasteiger partial charge in [0.05, 0.1) is 11.6 Å². The number of hydrogen-bond acceptors (Lipinski definition) is 3. The third kappa shape index (κ3) is 3.85. The molecule has 0 aromatic heterocycles. The molecule has 1 heterocycles. The Labute approximate surface area is 146 Å². The van der Waals surface area contributed by atoms with Gasteiger partial charge in [0.2, 0.25) is 0 Å². The van der Waals surface area contributed by atoms with E-state index in [2.05, 4.69) is 4.99 Å². The fraction of sp³-hybridized carbons (Fsp3) is 0.500. The largest absolute Gasteiger partial charge is 0.486 e. The van der Waals surface area contributed by atoms with Gasteiger partial charge in [-0.25, -0.2) is 4.99 Å². The standard InChI is InChI=1S/C14H18ClN3O2.HI/c1-18(10-2-3-10)14(16)17-8-9-6-11(15)13-12(7-9)19-4-5-20-13;/h6-7,10H,2-5,8H2,1H3,(H2,16,17);1H. The highest BCUT2D eigenvalue weighted by atomic mass is 127. The number of guanidine groups is 1. The molecule has 1 fully saturated rings. The van der Waals surface area contributed by atoms with E-state index >= 15 is 0 Å². The molecular formula is C14H19ClIN3O2. The van der Waals surface area contributed by atoms with E-state index in [0.717, 1.165) is 5.56 Å². The third-order valence-electron chi connectivity index (χ3n) is 3.54. The molecule has 0 amide bonds. The van der Waals surface area contributed by atoms with E-state index in [9.17, 15) is 0 Å². The Bertz CT molecular complexity index is 549. The lowest BCUT2D eigenvalue weighted by Crippen LogP contribution is -2.35. The van der Waals surface area contributed by atoms with E-state index in [1.54, 1.807) is 0 Å². The molecule has 1 aliphatic heterocycles. The summed E-state index contributed by atoms with van der Waals surface area (Å²) in [5, 5.41) is 0.557. The Kier molecular flexibility index (Phi) is 5.43. The lowest BCUT2D eigenvalue weighted by molar-refractivity contribution is 0.171. The van der Waals surface area contributed by atoms with E-state index < -0.39 is 0 Å². The Balaban J connectivity index is 0.00000161. The lowest BCUT2D eigenvalue weighted by atomic mass is 10.2. The molecule has 1 aromatic rings. The maximum Gasteiger partial charge on any atom is 0.191 e. The SMILES string of the molecule is CN(C(N)=NCc1cc(Cl)c2c(c1)OCCO2)C1CC1.I. The molecule has 0 atom stereocenters. The van der Waals surface area contributed by atoms with E-state index in [1.807, 2.05) is 24.1 Å². The van der Waals surface area contributed by atoms with Crippen LogP contribution >= 0.6 is 35.6 Å². The van der Waals surface area contributed by atoms with Crippen molar-refractivity contribution in [1.29, 1.82) is 0 Å². The van der Waals surface area contributed by atoms with Gasteiger partial charge >= 0.3 is 0 Å². The first kappa shape index (κ1) is 16.5. The molecule has 0 radical (unpaired) electrons. The first-order valence-electron chi connectivity index (χ1n) is 6.76. The number of benzene rings is 1. The van der Waals surface area contributed by atoms with Crippen LogP contribution in [0.4, 0.5) is 0 Å². The molecule has 21 heavy (non-hydrogen) atoms. The summed E-state index contributed by atoms with van der Waals surface area (Å²) in [6, 6.07) is 4.32. The van der Waals surface area contributed by atoms with Crippen LogP contribution in [-0.2, 0) is 6.54 Å². The Morgan fingerprint density at radius 2 is 2.10 bits per heavy atom. The van der Waals surface area contributed by atoms with Crippen molar-refractivity contribution >= 4 is 41.5 Å². The summed E-state index contributed by atoms with van der Waals surface area (Å²) in [5.74, 6) is 1.87. The maximum atomic E-state index is 6.19. The van der Waals surface area contributed by atoms with Crippen molar-refractivity contribution in [3.05, 3.63) is 22.7 Å². The molecule has 2 N–H and O–H groups in total. The van der Waals surface area contributed by atoms with Crippen molar-refractivity contribution in [2.45, 2.75) is 25.4 Å². The van der Waals surface area contributed by atoms with Gasteiger partial charge in [0, 0.05) is 13.1 Å². The number of nitrogens with zero attached hydrogens (tertiary/aromatic N) is 2. The first-order valence-corrected chi connectivity index (χ1v) is 7.13. The molecule has 1 aliphatic carbocycles. The minimum atomic E-state index is 0. The van der Waals surface area contributed by atoms with Crippen molar-refractivity contribution < 1.29 is 9.47 Å². The molecule has 7 heteroatoms. The summed E-state index contributed by atoms with van der Waals surface area (Å²) in [7, 11) is 1.98. The van der Waals surface area contributed by atoms with Crippen molar-refractivity contribution in [2.24, 2.45) is 10.7 Å². The second-order valence-electron chi connectivity index (χ2n) is 5.12. The summed E-state index contributed by atoms with van der Waals surface area (Å²) >= 11 is 6.19. The monoisotopic (exact) mass is 423 g/mol. The second-order valence-corrected chi connectivity index (χ2v) is 5.53. The fourth-order valence-electron chi connectivity index (χ4n) is 2.19. The summed E-state index contributed by atoms with van der Waals surface area (Å²) in [6.07, 6.45) is 2.39. The number of ether oxygens (including phenoxy) is 2. The van der Waals surface area contributed by atoms with Crippen LogP contribution in [0.1, 0.15) is 18.4 Å². The highest BCUT2D eigenvalue weighted by Gasteiger charge is 2.27. The zero-order valence-electron chi connectivity index (χ0n) is 11.8. The van der Waals surface area contributed by atoms with E-state index in [-0.39, 0.29) is 24.0 Å². The smallest absolute Gasteiger partial charge is 0.191 e. The summed E-state index contributed by atoms with van der Waals surface area (Å²) in [5.41, 5.74) is 6.93. The van der Waals surface area contributed by atoms with Crippen molar-refractivity contribution in [3.63, 3.8) is 0 Å². The predicted molar refractivity (Wildman–Crippen MR) is 94.0 cm³/mol. The zero-order valence-corrected chi connectivity index (χ0v) is 14.9. The minimum absolute atomic E-state index is 0. The van der Waals surface area contributed by atoms with Crippen LogP contribution in [-0.4, -0.2) is 37.2 Å². The van der Waals surface area contributed by atoms with E-state index in [0.29, 0.717) is 48.3 Å². The van der Waals surface area contributed by atoms with Crippen LogP contribution in [0.25, 0.3) is 0 Å². The summed E-state index contributed by atoms with van der Waals surface area (Å²) in [4.78, 5) is 6.44. The summed E-state index contributed by atoms with van der Waals surface area (Å²) in [6.45, 7) is 1.56. The molecule has 5 nitrogen and oxygen atoms in total. The van der Waals surface area contributed by atoms with Gasteiger partial charge in [0.15, 0.2) is 17.5 Å². The van der Waals surface area contributed by atoms with Crippen LogP contribution in [0.2, 0.25) is 5.02 Å². The molecule has 0 spiro atoms. The van der Waals surface area contributed by atoms with Crippen molar-refractivity contribution in [2.75, 3.05) is 20.3 Å². The zero-order chi connectivity index (χ0) is 14.1. The number of rotatable bonds is 3. The van der Waals surface area contributed by atoms with Crippen LogP contribution in [0.3, 0.4) is 0 Å². The Hall–Kier alpha value is -0.890. The highest BCUT2D eigenvalue weighted by Crippen LogP contribution is 2.38. The molecule has 1 aromatic carbocycles. The van der Waals surface area contributed by atoms with E-state index in [1.165, 1.54) is 12.8 Å². The van der Waals surface area contributed by atoms with Gasteiger partial charge in [-0.1, -0.05) is 11.6 Å². The number of hydrogen-bond donors (Lipinski definition) is 1. The van der Waals surface area contributed by atoms with Crippen LogP contribution in [0.15, 0.2) is 17.1 Å². The number of nitrogens with two attached hydrogens (primary N) is 1. The van der Waals surface area contributed by atoms with Crippen molar-refractivity contribution in [3.8, 4) is 11.5 Å². The van der Waals surface area contributed by atoms with Gasteiger partial charge in [-0.2, -0.15) is 0 Å². The maximum absolute atomic E-state index is 6.19. The number of halogens is 2. The first-order chi connectivity index (χ1) is 9.65. The summed E-state index contributed by atoms with van der Waals surface area (Å²) < 4.78 is 11.0. The van der Waals surface area contributed by atoms with Crippen LogP contribution < -0.4 is 15.2 Å². The topological polar surface area (TPSA) is 60.1 Å². The van der Waals surface area contributed by atoms with E-state index in [4.69, 9.17) is 26.8 Å². The molecule has 0 bridgehead atoms. The molecule has 0 unspecified atom stereocenters. The van der Waals surface area contributed by atoms with Gasteiger partial charge < -0.3 is 20.1 Å². The fourth-order valence-corrected chi connectivity index (χ4v) is 2.48. The third-order valence-corrected chi connectivity index (χ3v) is 3.82. The minimum Gasteiger partial charge on any atom is -0.486 e. The average molecular weight is 424 g/mol. The normalized spacial score (nSPS) is 17.1. The number of fused-ring (bicyclic) bond motifs is 1. The Morgan fingerprint density at radius 1 is 1.38 bits per heavy atom. The number of aliphatic imine (C=N–C) groups is 1. The van der Waals surface area contributed by atoms with Gasteiger partial charge in [-0.05, 0) is 30.5 Å². The predicted octanol–water partition coefficient (Wildman–Crippen LogP) is 2.64. The molecular weight excluding hydrogens is 405 g/mol. The van der Waals surface area contributed by atoms with Crippen molar-refractivity contribution in [1.82, 2.24) is 4.90 Å². The van der Waals surface area contributed by atoms with Gasteiger partial charge in [-0.15, -0.1) is 24.0 Å². The van der Waals surface area contributed by atoms with Gasteiger partial charge in [0.1, 0.15) is 13.2 Å². The van der Waals surface area contributed by atoms with Gasteiger partial charge in [0.25, 0.3) is 0 Å². The Morgan fingerprint density at radius 3 is 2.81 bits per heavy atom. The molecule has 1 saturated carbocycles. The lowest BCUT2D eigenvalue weighted by Gasteiger charge is -2.20. The molecule has 0 saturated heterocycles. The highest BCUT2D eigenvalue weighted by molar-refractivity contribution is 14.0. The van der Waals surface area contributed by atoms with Crippen LogP contribution in [0, 0.1) is 0 Å². The average Bonchev–Trinajstić information content (AvgIpc) is 3.28. The molecule has 2 aliphatic rings. The molecule has 3 rings (SSSR count). The second kappa shape index (κ2) is 6.91.